The van der Waals surface area contributed by atoms with E-state index in [1.807, 2.05) is 0 Å². The highest BCUT2D eigenvalue weighted by Gasteiger charge is 2.51. The van der Waals surface area contributed by atoms with Crippen LogP contribution in [0.1, 0.15) is 49.8 Å². The van der Waals surface area contributed by atoms with E-state index in [2.05, 4.69) is 83.6 Å². The highest BCUT2D eigenvalue weighted by atomic mass is 16.5. The normalized spacial score (nSPS) is 22.2. The van der Waals surface area contributed by atoms with Crippen LogP contribution in [0, 0.1) is 0 Å². The quantitative estimate of drug-likeness (QED) is 0.563. The maximum absolute atomic E-state index is 6.76. The molecule has 31 heavy (non-hydrogen) atoms. The largest absolute Gasteiger partial charge is 0.466 e. The number of benzene rings is 3. The zero-order valence-electron chi connectivity index (χ0n) is 18.1. The number of rotatable bonds is 3. The first-order valence-corrected chi connectivity index (χ1v) is 11.6. The van der Waals surface area contributed by atoms with Crippen molar-refractivity contribution in [2.45, 2.75) is 44.4 Å². The number of hydrogen-bond donors (Lipinski definition) is 0. The number of nitrogens with zero attached hydrogens (tertiary/aromatic N) is 3. The van der Waals surface area contributed by atoms with Crippen LogP contribution in [0.5, 0.6) is 5.75 Å². The Bertz CT molecular complexity index is 1140. The van der Waals surface area contributed by atoms with Crippen molar-refractivity contribution in [3.05, 3.63) is 77.9 Å². The summed E-state index contributed by atoms with van der Waals surface area (Å²) in [6, 6.07) is 24.0. The van der Waals surface area contributed by atoms with Gasteiger partial charge in [-0.15, -0.1) is 0 Å². The summed E-state index contributed by atoms with van der Waals surface area (Å²) < 4.78 is 6.76. The molecule has 3 aliphatic rings. The predicted octanol–water partition coefficient (Wildman–Crippen LogP) is 5.59. The molecule has 1 spiro atoms. The highest BCUT2D eigenvalue weighted by molar-refractivity contribution is 6.11. The molecular weight excluding hydrogens is 382 g/mol. The van der Waals surface area contributed by atoms with Crippen LogP contribution >= 0.6 is 0 Å². The second-order valence-electron chi connectivity index (χ2n) is 9.07. The van der Waals surface area contributed by atoms with Crippen molar-refractivity contribution in [1.82, 2.24) is 9.91 Å². The minimum atomic E-state index is -0.338. The zero-order valence-corrected chi connectivity index (χ0v) is 18.1. The molecule has 6 rings (SSSR count). The minimum absolute atomic E-state index is 0.247. The van der Waals surface area contributed by atoms with Crippen LogP contribution in [0.4, 0.5) is 0 Å². The van der Waals surface area contributed by atoms with E-state index < -0.39 is 0 Å². The lowest BCUT2D eigenvalue weighted by molar-refractivity contribution is -0.149. The molecule has 4 heteroatoms. The molecule has 3 aromatic carbocycles. The number of hydrogen-bond acceptors (Lipinski definition) is 4. The van der Waals surface area contributed by atoms with Crippen molar-refractivity contribution >= 4 is 16.5 Å². The molecule has 0 radical (unpaired) electrons. The van der Waals surface area contributed by atoms with Gasteiger partial charge in [0.25, 0.3) is 0 Å². The van der Waals surface area contributed by atoms with Crippen molar-refractivity contribution in [2.24, 2.45) is 5.10 Å². The standard InChI is InChI=1S/C27H29N3O/c1-2-16-29-17-14-27(15-18-29)30-25(23-11-5-6-13-26(23)31-27)19-24(28-30)22-12-7-9-20-8-3-4-10-21(20)22/h3-13,25H,2,14-19H2,1H3. The molecule has 3 aromatic rings. The van der Waals surface area contributed by atoms with Gasteiger partial charge in [0.15, 0.2) is 0 Å². The van der Waals surface area contributed by atoms with Crippen molar-refractivity contribution in [3.63, 3.8) is 0 Å². The molecule has 0 aliphatic carbocycles. The van der Waals surface area contributed by atoms with Crippen molar-refractivity contribution < 1.29 is 4.74 Å². The third-order valence-electron chi connectivity index (χ3n) is 7.18. The summed E-state index contributed by atoms with van der Waals surface area (Å²) in [6.45, 7) is 5.56. The summed E-state index contributed by atoms with van der Waals surface area (Å²) in [5.41, 5.74) is 3.36. The summed E-state index contributed by atoms with van der Waals surface area (Å²) in [4.78, 5) is 2.57. The third-order valence-corrected chi connectivity index (χ3v) is 7.18. The maximum Gasteiger partial charge on any atom is 0.200 e. The van der Waals surface area contributed by atoms with Crippen LogP contribution < -0.4 is 4.74 Å². The van der Waals surface area contributed by atoms with E-state index in [1.54, 1.807) is 0 Å². The number of para-hydroxylation sites is 1. The topological polar surface area (TPSA) is 28.1 Å². The molecule has 1 unspecified atom stereocenters. The van der Waals surface area contributed by atoms with Gasteiger partial charge < -0.3 is 9.64 Å². The van der Waals surface area contributed by atoms with E-state index >= 15 is 0 Å². The fourth-order valence-corrected chi connectivity index (χ4v) is 5.64. The molecule has 0 N–H and O–H groups in total. The van der Waals surface area contributed by atoms with Gasteiger partial charge >= 0.3 is 0 Å². The smallest absolute Gasteiger partial charge is 0.200 e. The van der Waals surface area contributed by atoms with E-state index in [0.29, 0.717) is 0 Å². The molecule has 3 aliphatic heterocycles. The molecule has 0 aromatic heterocycles. The van der Waals surface area contributed by atoms with Crippen molar-refractivity contribution in [1.29, 1.82) is 0 Å². The van der Waals surface area contributed by atoms with Gasteiger partial charge in [0.2, 0.25) is 5.72 Å². The molecule has 0 bridgehead atoms. The molecular formula is C27H29N3O. The number of hydrazone groups is 1. The number of fused-ring (bicyclic) bond motifs is 5. The third kappa shape index (κ3) is 3.04. The average molecular weight is 412 g/mol. The summed E-state index contributed by atoms with van der Waals surface area (Å²) in [7, 11) is 0. The minimum Gasteiger partial charge on any atom is -0.466 e. The van der Waals surface area contributed by atoms with Crippen LogP contribution in [-0.2, 0) is 0 Å². The van der Waals surface area contributed by atoms with E-state index in [1.165, 1.54) is 40.6 Å². The lowest BCUT2D eigenvalue weighted by atomic mass is 9.90. The lowest BCUT2D eigenvalue weighted by Gasteiger charge is -2.51. The molecule has 158 valence electrons. The second-order valence-corrected chi connectivity index (χ2v) is 9.07. The van der Waals surface area contributed by atoms with Gasteiger partial charge in [-0.25, -0.2) is 5.01 Å². The van der Waals surface area contributed by atoms with Crippen LogP contribution in [-0.4, -0.2) is 41.0 Å². The van der Waals surface area contributed by atoms with Crippen LogP contribution in [0.3, 0.4) is 0 Å². The Morgan fingerprint density at radius 3 is 2.61 bits per heavy atom. The van der Waals surface area contributed by atoms with Gasteiger partial charge in [0.1, 0.15) is 5.75 Å². The Morgan fingerprint density at radius 2 is 1.74 bits per heavy atom. The molecule has 0 amide bonds. The average Bonchev–Trinajstić information content (AvgIpc) is 3.27. The monoisotopic (exact) mass is 411 g/mol. The Balaban J connectivity index is 1.42. The molecule has 4 nitrogen and oxygen atoms in total. The number of ether oxygens (including phenoxy) is 1. The molecule has 1 fully saturated rings. The predicted molar refractivity (Wildman–Crippen MR) is 125 cm³/mol. The van der Waals surface area contributed by atoms with Gasteiger partial charge in [0.05, 0.1) is 11.8 Å². The van der Waals surface area contributed by atoms with Crippen LogP contribution in [0.2, 0.25) is 0 Å². The second kappa shape index (κ2) is 7.38. The fraction of sp³-hybridized carbons (Fsp3) is 0.370. The van der Waals surface area contributed by atoms with E-state index in [-0.39, 0.29) is 11.8 Å². The Labute approximate surface area is 184 Å². The van der Waals surface area contributed by atoms with Crippen molar-refractivity contribution in [2.75, 3.05) is 19.6 Å². The van der Waals surface area contributed by atoms with Gasteiger partial charge in [0, 0.05) is 43.5 Å². The van der Waals surface area contributed by atoms with Crippen molar-refractivity contribution in [3.8, 4) is 5.75 Å². The SMILES string of the molecule is CCCN1CCC2(CC1)Oc1ccccc1C1CC(c3cccc4ccccc34)=NN12. The van der Waals surface area contributed by atoms with E-state index in [4.69, 9.17) is 9.84 Å². The summed E-state index contributed by atoms with van der Waals surface area (Å²) in [5, 5.41) is 10.2. The lowest BCUT2D eigenvalue weighted by Crippen LogP contribution is -2.59. The summed E-state index contributed by atoms with van der Waals surface area (Å²) in [5.74, 6) is 1.04. The van der Waals surface area contributed by atoms with Gasteiger partial charge in [-0.2, -0.15) is 5.10 Å². The summed E-state index contributed by atoms with van der Waals surface area (Å²) >= 11 is 0. The van der Waals surface area contributed by atoms with Gasteiger partial charge in [-0.1, -0.05) is 67.6 Å². The van der Waals surface area contributed by atoms with Crippen LogP contribution in [0.15, 0.2) is 71.8 Å². The number of likely N-dealkylation sites (tertiary alicyclic amines) is 1. The highest BCUT2D eigenvalue weighted by Crippen LogP contribution is 2.50. The molecule has 1 saturated heterocycles. The first-order valence-electron chi connectivity index (χ1n) is 11.6. The molecule has 0 saturated carbocycles. The maximum atomic E-state index is 6.76. The molecule has 1 atom stereocenters. The summed E-state index contributed by atoms with van der Waals surface area (Å²) in [6.07, 6.45) is 4.11. The number of piperidine rings is 1. The Morgan fingerprint density at radius 1 is 0.968 bits per heavy atom. The van der Waals surface area contributed by atoms with Gasteiger partial charge in [-0.3, -0.25) is 0 Å². The zero-order chi connectivity index (χ0) is 20.8. The first-order chi connectivity index (χ1) is 15.3. The Hall–Kier alpha value is -2.85. The van der Waals surface area contributed by atoms with E-state index in [9.17, 15) is 0 Å². The Kier molecular flexibility index (Phi) is 4.50. The molecule has 3 heterocycles. The van der Waals surface area contributed by atoms with Gasteiger partial charge in [-0.05, 0) is 29.8 Å². The van der Waals surface area contributed by atoms with E-state index in [0.717, 1.165) is 38.1 Å². The fourth-order valence-electron chi connectivity index (χ4n) is 5.64. The van der Waals surface area contributed by atoms with Crippen LogP contribution in [0.25, 0.3) is 10.8 Å². The first kappa shape index (κ1) is 18.9.